The minimum atomic E-state index is -3.27. The molecule has 0 spiro atoms. The van der Waals surface area contributed by atoms with Crippen LogP contribution in [0, 0.1) is 5.92 Å². The molecular formula is C8H16. The lowest BCUT2D eigenvalue weighted by molar-refractivity contribution is 0.349. The molecule has 0 heterocycles. The van der Waals surface area contributed by atoms with Crippen LogP contribution in [0.15, 0.2) is 0 Å². The highest BCUT2D eigenvalue weighted by atomic mass is 14.2. The first-order valence-corrected chi connectivity index (χ1v) is 2.69. The van der Waals surface area contributed by atoms with Gasteiger partial charge in [0.25, 0.3) is 0 Å². The Labute approximate surface area is 66.3 Å². The molecule has 48 valence electrons. The fraction of sp³-hybridized carbons (Fsp3) is 1.00. The molecular weight excluding hydrogens is 96.1 g/mol. The predicted octanol–water partition coefficient (Wildman–Crippen LogP) is 2.98. The second kappa shape index (κ2) is 3.11. The maximum Gasteiger partial charge on any atom is 0.0269 e. The summed E-state index contributed by atoms with van der Waals surface area (Å²) in [6, 6.07) is 0. The van der Waals surface area contributed by atoms with Crippen molar-refractivity contribution in [2.75, 3.05) is 0 Å². The molecule has 1 aliphatic carbocycles. The van der Waals surface area contributed by atoms with E-state index in [2.05, 4.69) is 0 Å². The maximum absolute atomic E-state index is 7.72. The number of hydrogen-bond acceptors (Lipinski definition) is 0. The Balaban J connectivity index is 3.59. The van der Waals surface area contributed by atoms with E-state index in [0.717, 1.165) is 0 Å². The lowest BCUT2D eigenvalue weighted by atomic mass is 9.88. The molecule has 0 atom stereocenters. The molecule has 0 aromatic carbocycles. The van der Waals surface area contributed by atoms with Gasteiger partial charge in [-0.25, -0.2) is 0 Å². The summed E-state index contributed by atoms with van der Waals surface area (Å²) in [5.74, 6) is -1.56. The third-order valence-corrected chi connectivity index (χ3v) is 1.03. The SMILES string of the molecule is [2H]C1([2H])C(CC)C([2H])([2H])C([2H])([2H])C([2H])([2H])C1([2H])[2H]. The van der Waals surface area contributed by atoms with Gasteiger partial charge in [0.2, 0.25) is 0 Å². The van der Waals surface area contributed by atoms with E-state index in [-0.39, 0.29) is 6.42 Å². The van der Waals surface area contributed by atoms with Gasteiger partial charge in [0, 0.05) is 13.7 Å². The molecule has 1 fully saturated rings. The zero-order chi connectivity index (χ0) is 14.8. The van der Waals surface area contributed by atoms with E-state index in [1.54, 1.807) is 0 Å². The van der Waals surface area contributed by atoms with Crippen molar-refractivity contribution in [3.63, 3.8) is 0 Å². The topological polar surface area (TPSA) is 0 Å². The molecule has 1 rings (SSSR count). The fourth-order valence-corrected chi connectivity index (χ4v) is 0.518. The summed E-state index contributed by atoms with van der Waals surface area (Å²) in [4.78, 5) is 0. The molecule has 8 heavy (non-hydrogen) atoms. The van der Waals surface area contributed by atoms with Crippen molar-refractivity contribution in [1.29, 1.82) is 0 Å². The van der Waals surface area contributed by atoms with Crippen LogP contribution in [0.2, 0.25) is 0 Å². The minimum Gasteiger partial charge on any atom is -0.0651 e. The second-order valence-corrected chi connectivity index (χ2v) is 1.62. The average Bonchev–Trinajstić information content (AvgIpc) is 2.15. The van der Waals surface area contributed by atoms with Crippen molar-refractivity contribution in [3.05, 3.63) is 0 Å². The number of hydrogen-bond donors (Lipinski definition) is 0. The van der Waals surface area contributed by atoms with Crippen LogP contribution in [0.4, 0.5) is 0 Å². The van der Waals surface area contributed by atoms with Gasteiger partial charge in [0.1, 0.15) is 0 Å². The normalized spacial score (nSPS) is 73.6. The average molecular weight is 122 g/mol. The first kappa shape index (κ1) is 1.21. The van der Waals surface area contributed by atoms with Gasteiger partial charge < -0.3 is 0 Å². The van der Waals surface area contributed by atoms with E-state index >= 15 is 0 Å². The molecule has 0 heteroatoms. The van der Waals surface area contributed by atoms with Crippen molar-refractivity contribution in [3.8, 4) is 0 Å². The van der Waals surface area contributed by atoms with E-state index < -0.39 is 37.8 Å². The highest BCUT2D eigenvalue weighted by Crippen LogP contribution is 2.25. The molecule has 0 aliphatic heterocycles. The summed E-state index contributed by atoms with van der Waals surface area (Å²) in [7, 11) is 0. The van der Waals surface area contributed by atoms with Crippen LogP contribution < -0.4 is 0 Å². The van der Waals surface area contributed by atoms with Gasteiger partial charge in [-0.1, -0.05) is 45.2 Å². The van der Waals surface area contributed by atoms with Crippen molar-refractivity contribution in [2.24, 2.45) is 5.92 Å². The lowest BCUT2D eigenvalue weighted by Crippen LogP contribution is -2.03. The molecule has 0 nitrogen and oxygen atoms in total. The molecule has 0 saturated heterocycles. The number of rotatable bonds is 1. The Morgan fingerprint density at radius 2 is 2.00 bits per heavy atom. The molecule has 0 radical (unpaired) electrons. The highest BCUT2D eigenvalue weighted by molar-refractivity contribution is 4.63. The Kier molecular flexibility index (Phi) is 0.471. The summed E-state index contributed by atoms with van der Waals surface area (Å²) < 4.78 is 76.4. The van der Waals surface area contributed by atoms with Crippen LogP contribution in [0.3, 0.4) is 0 Å². The standard InChI is InChI=1S/C8H16/c1-2-8-6-4-3-5-7-8/h8H,2-7H2,1H3/i3D2,4D2,5D2,6D2,7D2. The van der Waals surface area contributed by atoms with E-state index in [1.807, 2.05) is 0 Å². The smallest absolute Gasteiger partial charge is 0.0269 e. The van der Waals surface area contributed by atoms with Crippen LogP contribution >= 0.6 is 0 Å². The molecule has 0 aromatic heterocycles. The van der Waals surface area contributed by atoms with Crippen LogP contribution in [0.25, 0.3) is 0 Å². The van der Waals surface area contributed by atoms with Crippen LogP contribution in [-0.4, -0.2) is 0 Å². The Morgan fingerprint density at radius 1 is 1.38 bits per heavy atom. The van der Waals surface area contributed by atoms with Gasteiger partial charge in [0.05, 0.1) is 0 Å². The minimum absolute atomic E-state index is 0.116. The lowest BCUT2D eigenvalue weighted by Gasteiger charge is -2.18. The maximum atomic E-state index is 7.72. The summed E-state index contributed by atoms with van der Waals surface area (Å²) >= 11 is 0. The first-order valence-electron chi connectivity index (χ1n) is 7.69. The molecule has 0 aromatic rings. The Hall–Kier alpha value is 0. The van der Waals surface area contributed by atoms with Gasteiger partial charge in [-0.3, -0.25) is 0 Å². The van der Waals surface area contributed by atoms with E-state index in [4.69, 9.17) is 13.7 Å². The van der Waals surface area contributed by atoms with E-state index in [0.29, 0.717) is 0 Å². The quantitative estimate of drug-likeness (QED) is 0.501. The van der Waals surface area contributed by atoms with Gasteiger partial charge in [-0.05, 0) is 5.92 Å². The van der Waals surface area contributed by atoms with Crippen molar-refractivity contribution in [2.45, 2.75) is 45.2 Å². The first-order chi connectivity index (χ1) is 7.69. The molecule has 1 saturated carbocycles. The molecule has 0 bridgehead atoms. The van der Waals surface area contributed by atoms with Crippen molar-refractivity contribution in [1.82, 2.24) is 0 Å². The van der Waals surface area contributed by atoms with E-state index in [9.17, 15) is 0 Å². The Bertz CT molecular complexity index is 314. The third kappa shape index (κ3) is 1.50. The summed E-state index contributed by atoms with van der Waals surface area (Å²) in [6.45, 7) is 1.44. The zero-order valence-corrected chi connectivity index (χ0v) is 4.78. The third-order valence-electron chi connectivity index (χ3n) is 1.03. The van der Waals surface area contributed by atoms with Crippen LogP contribution in [0.1, 0.15) is 58.9 Å². The summed E-state index contributed by atoms with van der Waals surface area (Å²) in [5.41, 5.74) is 0. The predicted molar refractivity (Wildman–Crippen MR) is 36.9 cm³/mol. The largest absolute Gasteiger partial charge is 0.0651 e. The van der Waals surface area contributed by atoms with E-state index in [1.165, 1.54) is 6.92 Å². The summed E-state index contributed by atoms with van der Waals surface area (Å²) in [5, 5.41) is 0. The zero-order valence-electron chi connectivity index (χ0n) is 14.8. The Morgan fingerprint density at radius 3 is 2.50 bits per heavy atom. The molecule has 0 N–H and O–H groups in total. The molecule has 0 amide bonds. The van der Waals surface area contributed by atoms with Gasteiger partial charge in [-0.15, -0.1) is 0 Å². The van der Waals surface area contributed by atoms with Gasteiger partial charge in [0.15, 0.2) is 0 Å². The van der Waals surface area contributed by atoms with Gasteiger partial charge in [-0.2, -0.15) is 0 Å². The monoisotopic (exact) mass is 122 g/mol. The van der Waals surface area contributed by atoms with Crippen molar-refractivity contribution < 1.29 is 13.7 Å². The highest BCUT2D eigenvalue weighted by Gasteiger charge is 2.09. The molecule has 1 aliphatic rings. The fourth-order valence-electron chi connectivity index (χ4n) is 0.518. The van der Waals surface area contributed by atoms with Crippen molar-refractivity contribution >= 4 is 0 Å². The summed E-state index contributed by atoms with van der Waals surface area (Å²) in [6.07, 6.45) is -15.2. The van der Waals surface area contributed by atoms with Crippen LogP contribution in [-0.2, 0) is 0 Å². The van der Waals surface area contributed by atoms with Crippen LogP contribution in [0.5, 0.6) is 0 Å². The molecule has 0 unspecified atom stereocenters. The second-order valence-electron chi connectivity index (χ2n) is 1.62. The van der Waals surface area contributed by atoms with Gasteiger partial charge >= 0.3 is 0 Å².